The third-order valence-corrected chi connectivity index (χ3v) is 5.03. The Labute approximate surface area is 139 Å². The Morgan fingerprint density at radius 1 is 1.26 bits per heavy atom. The minimum absolute atomic E-state index is 0.184. The molecule has 6 nitrogen and oxygen atoms in total. The number of fused-ring (bicyclic) bond motifs is 1. The smallest absolute Gasteiger partial charge is 0.269 e. The number of carbonyl (C=O) groups excluding carboxylic acids is 1. The van der Waals surface area contributed by atoms with Crippen molar-refractivity contribution in [2.24, 2.45) is 0 Å². The SMILES string of the molecule is Cc1ncsc1C(=O)Nc1nc(-c2ccc3c(c2)OCO3)cs1. The molecule has 0 atom stereocenters. The molecule has 0 bridgehead atoms. The van der Waals surface area contributed by atoms with Crippen molar-refractivity contribution in [1.29, 1.82) is 0 Å². The van der Waals surface area contributed by atoms with Gasteiger partial charge in [-0.25, -0.2) is 9.97 Å². The van der Waals surface area contributed by atoms with Gasteiger partial charge < -0.3 is 9.47 Å². The van der Waals surface area contributed by atoms with E-state index in [0.717, 1.165) is 22.7 Å². The van der Waals surface area contributed by atoms with Crippen molar-refractivity contribution in [1.82, 2.24) is 9.97 Å². The summed E-state index contributed by atoms with van der Waals surface area (Å²) in [6.07, 6.45) is 0. The number of aryl methyl sites for hydroxylation is 1. The lowest BCUT2D eigenvalue weighted by Crippen LogP contribution is -2.11. The number of anilines is 1. The molecule has 0 saturated heterocycles. The molecule has 0 saturated carbocycles. The van der Waals surface area contributed by atoms with Gasteiger partial charge in [0.1, 0.15) is 4.88 Å². The number of carbonyl (C=O) groups is 1. The monoisotopic (exact) mass is 345 g/mol. The molecule has 3 heterocycles. The minimum atomic E-state index is -0.184. The fourth-order valence-corrected chi connectivity index (χ4v) is 3.61. The number of nitrogens with one attached hydrogen (secondary N) is 1. The topological polar surface area (TPSA) is 73.3 Å². The van der Waals surface area contributed by atoms with Gasteiger partial charge in [-0.3, -0.25) is 10.1 Å². The van der Waals surface area contributed by atoms with E-state index in [4.69, 9.17) is 9.47 Å². The van der Waals surface area contributed by atoms with Crippen LogP contribution in [0.3, 0.4) is 0 Å². The molecule has 3 aromatic rings. The van der Waals surface area contributed by atoms with Crippen molar-refractivity contribution in [3.63, 3.8) is 0 Å². The van der Waals surface area contributed by atoms with E-state index in [0.29, 0.717) is 15.8 Å². The van der Waals surface area contributed by atoms with Crippen molar-refractivity contribution in [2.45, 2.75) is 6.92 Å². The normalized spacial score (nSPS) is 12.4. The Bertz CT molecular complexity index is 888. The van der Waals surface area contributed by atoms with Gasteiger partial charge in [0.25, 0.3) is 5.91 Å². The first-order valence-corrected chi connectivity index (χ1v) is 8.53. The maximum atomic E-state index is 12.2. The van der Waals surface area contributed by atoms with Crippen LogP contribution >= 0.6 is 22.7 Å². The minimum Gasteiger partial charge on any atom is -0.454 e. The zero-order chi connectivity index (χ0) is 15.8. The van der Waals surface area contributed by atoms with E-state index in [9.17, 15) is 4.79 Å². The number of nitrogens with zero attached hydrogens (tertiary/aromatic N) is 2. The first-order valence-electron chi connectivity index (χ1n) is 6.78. The molecule has 0 spiro atoms. The molecule has 0 fully saturated rings. The number of hydrogen-bond acceptors (Lipinski definition) is 7. The largest absolute Gasteiger partial charge is 0.454 e. The van der Waals surface area contributed by atoms with Crippen LogP contribution in [0.5, 0.6) is 11.5 Å². The molecular formula is C15H11N3O3S2. The molecule has 1 aromatic carbocycles. The molecule has 1 aliphatic rings. The van der Waals surface area contributed by atoms with Gasteiger partial charge in [-0.2, -0.15) is 0 Å². The molecule has 23 heavy (non-hydrogen) atoms. The number of hydrogen-bond donors (Lipinski definition) is 1. The third-order valence-electron chi connectivity index (χ3n) is 3.34. The summed E-state index contributed by atoms with van der Waals surface area (Å²) >= 11 is 2.70. The number of thiazole rings is 2. The predicted molar refractivity (Wildman–Crippen MR) is 88.5 cm³/mol. The van der Waals surface area contributed by atoms with E-state index in [2.05, 4.69) is 15.3 Å². The number of benzene rings is 1. The Morgan fingerprint density at radius 3 is 2.96 bits per heavy atom. The van der Waals surface area contributed by atoms with Crippen LogP contribution < -0.4 is 14.8 Å². The van der Waals surface area contributed by atoms with Gasteiger partial charge in [0.2, 0.25) is 6.79 Å². The molecule has 0 unspecified atom stereocenters. The number of aromatic nitrogens is 2. The van der Waals surface area contributed by atoms with Crippen LogP contribution in [0.25, 0.3) is 11.3 Å². The predicted octanol–water partition coefficient (Wildman–Crippen LogP) is 3.56. The second-order valence-corrected chi connectivity index (χ2v) is 6.54. The average Bonchev–Trinajstić information content (AvgIpc) is 3.26. The molecule has 2 aromatic heterocycles. The summed E-state index contributed by atoms with van der Waals surface area (Å²) in [7, 11) is 0. The maximum Gasteiger partial charge on any atom is 0.269 e. The summed E-state index contributed by atoms with van der Waals surface area (Å²) in [5, 5.41) is 5.26. The summed E-state index contributed by atoms with van der Waals surface area (Å²) in [6, 6.07) is 5.66. The highest BCUT2D eigenvalue weighted by atomic mass is 32.1. The van der Waals surface area contributed by atoms with Crippen LogP contribution in [0.15, 0.2) is 29.1 Å². The summed E-state index contributed by atoms with van der Waals surface area (Å²) in [6.45, 7) is 2.05. The fourth-order valence-electron chi connectivity index (χ4n) is 2.19. The molecule has 0 radical (unpaired) electrons. The Hall–Kier alpha value is -2.45. The van der Waals surface area contributed by atoms with E-state index in [1.807, 2.05) is 30.5 Å². The third kappa shape index (κ3) is 2.66. The maximum absolute atomic E-state index is 12.2. The Kier molecular flexibility index (Phi) is 3.47. The average molecular weight is 345 g/mol. The zero-order valence-electron chi connectivity index (χ0n) is 12.0. The van der Waals surface area contributed by atoms with Crippen LogP contribution in [0.4, 0.5) is 5.13 Å². The molecule has 1 N–H and O–H groups in total. The summed E-state index contributed by atoms with van der Waals surface area (Å²) in [5.74, 6) is 1.26. The number of amides is 1. The lowest BCUT2D eigenvalue weighted by Gasteiger charge is -2.00. The van der Waals surface area contributed by atoms with E-state index < -0.39 is 0 Å². The highest BCUT2D eigenvalue weighted by molar-refractivity contribution is 7.14. The zero-order valence-corrected chi connectivity index (χ0v) is 13.7. The Balaban J connectivity index is 1.55. The fraction of sp³-hybridized carbons (Fsp3) is 0.133. The van der Waals surface area contributed by atoms with E-state index in [-0.39, 0.29) is 12.7 Å². The van der Waals surface area contributed by atoms with Crippen molar-refractivity contribution in [3.05, 3.63) is 39.7 Å². The molecule has 4 rings (SSSR count). The quantitative estimate of drug-likeness (QED) is 0.786. The molecule has 1 amide bonds. The lowest BCUT2D eigenvalue weighted by molar-refractivity contribution is 0.103. The van der Waals surface area contributed by atoms with Gasteiger partial charge in [0.05, 0.1) is 16.9 Å². The second kappa shape index (κ2) is 5.64. The molecule has 116 valence electrons. The van der Waals surface area contributed by atoms with Crippen LogP contribution in [0, 0.1) is 6.92 Å². The van der Waals surface area contributed by atoms with Crippen LogP contribution in [0.1, 0.15) is 15.4 Å². The van der Waals surface area contributed by atoms with Gasteiger partial charge in [-0.05, 0) is 25.1 Å². The number of rotatable bonds is 3. The van der Waals surface area contributed by atoms with Gasteiger partial charge in [-0.1, -0.05) is 0 Å². The summed E-state index contributed by atoms with van der Waals surface area (Å²) < 4.78 is 10.7. The first-order chi connectivity index (χ1) is 11.2. The first kappa shape index (κ1) is 14.2. The van der Waals surface area contributed by atoms with Crippen molar-refractivity contribution in [3.8, 4) is 22.8 Å². The highest BCUT2D eigenvalue weighted by Crippen LogP contribution is 2.36. The van der Waals surface area contributed by atoms with Crippen molar-refractivity contribution >= 4 is 33.7 Å². The van der Waals surface area contributed by atoms with Gasteiger partial charge in [-0.15, -0.1) is 22.7 Å². The van der Waals surface area contributed by atoms with E-state index in [1.165, 1.54) is 22.7 Å². The summed E-state index contributed by atoms with van der Waals surface area (Å²) in [5.41, 5.74) is 4.08. The van der Waals surface area contributed by atoms with Crippen LogP contribution in [-0.2, 0) is 0 Å². The van der Waals surface area contributed by atoms with Crippen molar-refractivity contribution in [2.75, 3.05) is 12.1 Å². The van der Waals surface area contributed by atoms with E-state index >= 15 is 0 Å². The molecule has 0 aliphatic carbocycles. The molecule has 8 heteroatoms. The number of ether oxygens (including phenoxy) is 2. The molecule has 1 aliphatic heterocycles. The second-order valence-electron chi connectivity index (χ2n) is 4.83. The standard InChI is InChI=1S/C15H11N3O3S2/c1-8-13(23-6-16-8)14(19)18-15-17-10(5-22-15)9-2-3-11-12(4-9)21-7-20-11/h2-6H,7H2,1H3,(H,17,18,19). The van der Waals surface area contributed by atoms with Crippen LogP contribution in [-0.4, -0.2) is 22.7 Å². The highest BCUT2D eigenvalue weighted by Gasteiger charge is 2.17. The molecular weight excluding hydrogens is 334 g/mol. The lowest BCUT2D eigenvalue weighted by atomic mass is 10.1. The summed E-state index contributed by atoms with van der Waals surface area (Å²) in [4.78, 5) is 21.3. The Morgan fingerprint density at radius 2 is 2.13 bits per heavy atom. The van der Waals surface area contributed by atoms with Crippen LogP contribution in [0.2, 0.25) is 0 Å². The van der Waals surface area contributed by atoms with Gasteiger partial charge in [0.15, 0.2) is 16.6 Å². The van der Waals surface area contributed by atoms with E-state index in [1.54, 1.807) is 5.51 Å². The van der Waals surface area contributed by atoms with Gasteiger partial charge >= 0.3 is 0 Å². The van der Waals surface area contributed by atoms with Crippen molar-refractivity contribution < 1.29 is 14.3 Å². The van der Waals surface area contributed by atoms with Gasteiger partial charge in [0, 0.05) is 10.9 Å².